The molecule has 1 atom stereocenters. The number of pyridine rings is 1. The molecule has 2 aromatic rings. The van der Waals surface area contributed by atoms with Crippen molar-refractivity contribution in [1.29, 1.82) is 0 Å². The second-order valence-corrected chi connectivity index (χ2v) is 8.40. The smallest absolute Gasteiger partial charge is 0.280 e. The van der Waals surface area contributed by atoms with Crippen molar-refractivity contribution in [3.05, 3.63) is 42.0 Å². The number of hydrogen-bond donors (Lipinski definition) is 3. The van der Waals surface area contributed by atoms with Crippen molar-refractivity contribution in [3.63, 3.8) is 0 Å². The molecule has 3 N–H and O–H groups in total. The molecule has 1 saturated carbocycles. The molecule has 0 spiro atoms. The number of alkyl halides is 3. The van der Waals surface area contributed by atoms with E-state index >= 15 is 0 Å². The van der Waals surface area contributed by atoms with Gasteiger partial charge in [0.25, 0.3) is 12.3 Å². The van der Waals surface area contributed by atoms with Crippen LogP contribution in [0.25, 0.3) is 0 Å². The van der Waals surface area contributed by atoms with Gasteiger partial charge in [0.2, 0.25) is 0 Å². The summed E-state index contributed by atoms with van der Waals surface area (Å²) < 4.78 is 41.6. The van der Waals surface area contributed by atoms with E-state index in [1.807, 2.05) is 0 Å². The van der Waals surface area contributed by atoms with Crippen molar-refractivity contribution >= 4 is 11.6 Å². The van der Waals surface area contributed by atoms with Gasteiger partial charge in [-0.1, -0.05) is 0 Å². The van der Waals surface area contributed by atoms with Crippen LogP contribution < -0.4 is 10.6 Å². The maximum absolute atomic E-state index is 13.9. The van der Waals surface area contributed by atoms with Crippen LogP contribution in [0.4, 0.5) is 18.9 Å². The number of carbonyl (C=O) groups is 1. The third-order valence-electron chi connectivity index (χ3n) is 5.60. The van der Waals surface area contributed by atoms with Crippen LogP contribution >= 0.6 is 0 Å². The van der Waals surface area contributed by atoms with Gasteiger partial charge in [0.15, 0.2) is 0 Å². The van der Waals surface area contributed by atoms with Gasteiger partial charge in [-0.3, -0.25) is 14.5 Å². The van der Waals surface area contributed by atoms with Gasteiger partial charge >= 0.3 is 0 Å². The summed E-state index contributed by atoms with van der Waals surface area (Å²) in [6, 6.07) is 2.99. The number of nitrogens with one attached hydrogen (secondary N) is 2. The molecule has 170 valence electrons. The molecule has 0 radical (unpaired) electrons. The highest BCUT2D eigenvalue weighted by Crippen LogP contribution is 2.33. The molecule has 1 aliphatic carbocycles. The van der Waals surface area contributed by atoms with Gasteiger partial charge in [0.05, 0.1) is 29.4 Å². The molecule has 3 rings (SSSR count). The molecule has 0 aliphatic heterocycles. The Morgan fingerprint density at radius 3 is 2.58 bits per heavy atom. The Labute approximate surface area is 179 Å². The van der Waals surface area contributed by atoms with Gasteiger partial charge in [-0.2, -0.15) is 5.10 Å². The van der Waals surface area contributed by atoms with Crippen molar-refractivity contribution in [3.8, 4) is 0 Å². The fourth-order valence-electron chi connectivity index (χ4n) is 3.72. The minimum atomic E-state index is -2.56. The number of rotatable bonds is 8. The van der Waals surface area contributed by atoms with Crippen molar-refractivity contribution in [2.75, 3.05) is 11.9 Å². The Morgan fingerprint density at radius 1 is 1.23 bits per heavy atom. The summed E-state index contributed by atoms with van der Waals surface area (Å²) in [4.78, 5) is 16.5. The lowest BCUT2D eigenvalue weighted by Crippen LogP contribution is -2.42. The van der Waals surface area contributed by atoms with Gasteiger partial charge in [0.1, 0.15) is 11.9 Å². The molecule has 31 heavy (non-hydrogen) atoms. The summed E-state index contributed by atoms with van der Waals surface area (Å²) in [6.45, 7) is 2.35. The first-order chi connectivity index (χ1) is 14.7. The predicted molar refractivity (Wildman–Crippen MR) is 110 cm³/mol. The number of anilines is 1. The van der Waals surface area contributed by atoms with Crippen LogP contribution in [0.15, 0.2) is 30.7 Å². The van der Waals surface area contributed by atoms with E-state index in [4.69, 9.17) is 0 Å². The lowest BCUT2D eigenvalue weighted by Gasteiger charge is -2.31. The monoisotopic (exact) mass is 439 g/mol. The predicted octanol–water partition coefficient (Wildman–Crippen LogP) is 3.65. The lowest BCUT2D eigenvalue weighted by atomic mass is 9.90. The lowest BCUT2D eigenvalue weighted by molar-refractivity contribution is -0.00177. The molecule has 0 bridgehead atoms. The van der Waals surface area contributed by atoms with E-state index in [1.165, 1.54) is 37.0 Å². The minimum absolute atomic E-state index is 0.0565. The number of carbonyl (C=O) groups excluding carboxylic acids is 1. The van der Waals surface area contributed by atoms with E-state index in [0.29, 0.717) is 18.5 Å². The van der Waals surface area contributed by atoms with Gasteiger partial charge < -0.3 is 15.7 Å². The summed E-state index contributed by atoms with van der Waals surface area (Å²) in [5.74, 6) is -0.491. The minimum Gasteiger partial charge on any atom is -0.387 e. The Balaban J connectivity index is 1.59. The topological polar surface area (TPSA) is 92.1 Å². The van der Waals surface area contributed by atoms with Crippen LogP contribution in [-0.4, -0.2) is 50.1 Å². The molecular weight excluding hydrogens is 411 g/mol. The van der Waals surface area contributed by atoms with Crippen molar-refractivity contribution in [1.82, 2.24) is 20.1 Å². The average Bonchev–Trinajstić information content (AvgIpc) is 3.22. The van der Waals surface area contributed by atoms with E-state index in [2.05, 4.69) is 20.7 Å². The zero-order valence-corrected chi connectivity index (χ0v) is 17.6. The van der Waals surface area contributed by atoms with Gasteiger partial charge in [-0.15, -0.1) is 0 Å². The Bertz CT molecular complexity index is 876. The summed E-state index contributed by atoms with van der Waals surface area (Å²) in [5.41, 5.74) is -0.774. The van der Waals surface area contributed by atoms with Crippen LogP contribution in [0.1, 0.15) is 68.0 Å². The van der Waals surface area contributed by atoms with Crippen molar-refractivity contribution in [2.24, 2.45) is 0 Å². The van der Waals surface area contributed by atoms with Crippen molar-refractivity contribution < 1.29 is 23.1 Å². The molecular formula is C21H28F3N5O2. The van der Waals surface area contributed by atoms with Crippen molar-refractivity contribution in [2.45, 2.75) is 69.8 Å². The van der Waals surface area contributed by atoms with E-state index in [1.54, 1.807) is 12.3 Å². The number of halogens is 3. The molecule has 1 fully saturated rings. The van der Waals surface area contributed by atoms with Crippen LogP contribution in [-0.2, 0) is 0 Å². The molecule has 7 nitrogen and oxygen atoms in total. The number of hydrogen-bond acceptors (Lipinski definition) is 5. The van der Waals surface area contributed by atoms with Gasteiger partial charge in [-0.25, -0.2) is 13.2 Å². The maximum Gasteiger partial charge on any atom is 0.280 e. The third-order valence-corrected chi connectivity index (χ3v) is 5.60. The third kappa shape index (κ3) is 5.75. The molecule has 0 saturated heterocycles. The van der Waals surface area contributed by atoms with Crippen LogP contribution in [0.2, 0.25) is 0 Å². The maximum atomic E-state index is 13.9. The second kappa shape index (κ2) is 9.67. The normalized spacial score (nSPS) is 20.5. The van der Waals surface area contributed by atoms with E-state index in [9.17, 15) is 23.1 Å². The zero-order valence-electron chi connectivity index (χ0n) is 17.6. The van der Waals surface area contributed by atoms with Gasteiger partial charge in [-0.05, 0) is 51.7 Å². The molecule has 0 aromatic carbocycles. The molecule has 2 heterocycles. The van der Waals surface area contributed by atoms with E-state index in [-0.39, 0.29) is 29.9 Å². The van der Waals surface area contributed by atoms with Crippen LogP contribution in [0.5, 0.6) is 0 Å². The average molecular weight is 439 g/mol. The fraction of sp³-hybridized carbons (Fsp3) is 0.571. The van der Waals surface area contributed by atoms with E-state index < -0.39 is 24.1 Å². The fourth-order valence-corrected chi connectivity index (χ4v) is 3.72. The highest BCUT2D eigenvalue weighted by Gasteiger charge is 2.28. The van der Waals surface area contributed by atoms with Crippen LogP contribution in [0.3, 0.4) is 0 Å². The SMILES string of the molecule is CC(C)(O)[C@H](F)CNC(=O)c1cnccc1NC1CCC(n2nccc2C(F)F)CC1. The molecule has 0 unspecified atom stereocenters. The first-order valence-corrected chi connectivity index (χ1v) is 10.3. The standard InChI is InChI=1S/C21H28F3N5O2/c1-21(2,31)18(22)12-26-20(30)15-11-25-9-7-16(15)28-13-3-5-14(6-4-13)29-17(19(23)24)8-10-27-29/h7-11,13-14,18-19,31H,3-6,12H2,1-2H3,(H,25,28)(H,26,30)/t13?,14?,18-/m1/s1. The Hall–Kier alpha value is -2.62. The largest absolute Gasteiger partial charge is 0.387 e. The van der Waals surface area contributed by atoms with Gasteiger partial charge in [0, 0.05) is 24.6 Å². The molecule has 1 aliphatic rings. The summed E-state index contributed by atoms with van der Waals surface area (Å²) in [7, 11) is 0. The summed E-state index contributed by atoms with van der Waals surface area (Å²) in [5, 5.41) is 19.6. The summed E-state index contributed by atoms with van der Waals surface area (Å²) >= 11 is 0. The Kier molecular flexibility index (Phi) is 7.19. The first kappa shape index (κ1) is 23.1. The second-order valence-electron chi connectivity index (χ2n) is 8.40. The quantitative estimate of drug-likeness (QED) is 0.584. The molecule has 10 heteroatoms. The molecule has 2 aromatic heterocycles. The summed E-state index contributed by atoms with van der Waals surface area (Å²) in [6.07, 6.45) is 2.99. The highest BCUT2D eigenvalue weighted by molar-refractivity contribution is 5.99. The number of amides is 1. The first-order valence-electron chi connectivity index (χ1n) is 10.3. The number of aliphatic hydroxyl groups is 1. The number of aromatic nitrogens is 3. The zero-order chi connectivity index (χ0) is 22.6. The van der Waals surface area contributed by atoms with E-state index in [0.717, 1.165) is 12.8 Å². The Morgan fingerprint density at radius 2 is 1.94 bits per heavy atom. The van der Waals surface area contributed by atoms with Crippen LogP contribution in [0, 0.1) is 0 Å². The highest BCUT2D eigenvalue weighted by atomic mass is 19.3. The molecule has 1 amide bonds. The number of nitrogens with zero attached hydrogens (tertiary/aromatic N) is 3.